The molecule has 1 atom stereocenters. The number of hydrogen-bond donors (Lipinski definition) is 1. The van der Waals surface area contributed by atoms with Crippen LogP contribution in [0.15, 0.2) is 16.6 Å². The number of halogens is 1. The number of nitrogens with zero attached hydrogens (tertiary/aromatic N) is 1. The highest BCUT2D eigenvalue weighted by atomic mass is 79.9. The lowest BCUT2D eigenvalue weighted by Gasteiger charge is -2.22. The normalized spacial score (nSPS) is 12.6. The van der Waals surface area contributed by atoms with Crippen molar-refractivity contribution in [3.05, 3.63) is 22.2 Å². The Morgan fingerprint density at radius 2 is 1.85 bits per heavy atom. The first kappa shape index (κ1) is 17.2. The molecule has 0 aliphatic heterocycles. The average Bonchev–Trinajstić information content (AvgIpc) is 2.40. The fraction of sp³-hybridized carbons (Fsp3) is 0.571. The maximum absolute atomic E-state index is 9.74. The highest BCUT2D eigenvalue weighted by molar-refractivity contribution is 9.10. The maximum Gasteiger partial charge on any atom is 0.133 e. The fourth-order valence-corrected chi connectivity index (χ4v) is 2.49. The van der Waals surface area contributed by atoms with Crippen LogP contribution in [0.25, 0.3) is 0 Å². The van der Waals surface area contributed by atoms with Gasteiger partial charge >= 0.3 is 0 Å². The molecular weight excluding hydrogens is 326 g/mol. The van der Waals surface area contributed by atoms with Gasteiger partial charge in [-0.1, -0.05) is 0 Å². The SMILES string of the molecule is COCC(O)CN(C)Cc1cc(OC)c(Br)cc1OC. The van der Waals surface area contributed by atoms with Crippen molar-refractivity contribution < 1.29 is 19.3 Å². The van der Waals surface area contributed by atoms with Gasteiger partial charge in [0.05, 0.1) is 31.4 Å². The molecule has 0 aliphatic carbocycles. The second-order valence-electron chi connectivity index (χ2n) is 4.60. The van der Waals surface area contributed by atoms with E-state index in [0.29, 0.717) is 19.7 Å². The number of aliphatic hydroxyl groups excluding tert-OH is 1. The van der Waals surface area contributed by atoms with Crippen LogP contribution >= 0.6 is 15.9 Å². The van der Waals surface area contributed by atoms with Crippen LogP contribution in [0.2, 0.25) is 0 Å². The average molecular weight is 348 g/mol. The fourth-order valence-electron chi connectivity index (χ4n) is 2.01. The number of hydrogen-bond acceptors (Lipinski definition) is 5. The first-order chi connectivity index (χ1) is 9.51. The largest absolute Gasteiger partial charge is 0.496 e. The van der Waals surface area contributed by atoms with Gasteiger partial charge in [0, 0.05) is 25.8 Å². The number of methoxy groups -OCH3 is 3. The zero-order chi connectivity index (χ0) is 15.1. The van der Waals surface area contributed by atoms with Crippen LogP contribution in [-0.4, -0.2) is 57.6 Å². The second-order valence-corrected chi connectivity index (χ2v) is 5.46. The molecule has 0 fully saturated rings. The van der Waals surface area contributed by atoms with Gasteiger partial charge in [-0.2, -0.15) is 0 Å². The maximum atomic E-state index is 9.74. The molecule has 0 aromatic heterocycles. The van der Waals surface area contributed by atoms with E-state index in [9.17, 15) is 5.11 Å². The molecule has 1 unspecified atom stereocenters. The van der Waals surface area contributed by atoms with Gasteiger partial charge in [0.2, 0.25) is 0 Å². The van der Waals surface area contributed by atoms with Gasteiger partial charge in [0.15, 0.2) is 0 Å². The molecule has 0 amide bonds. The van der Waals surface area contributed by atoms with E-state index >= 15 is 0 Å². The van der Waals surface area contributed by atoms with Crippen LogP contribution in [0.1, 0.15) is 5.56 Å². The molecule has 1 rings (SSSR count). The van der Waals surface area contributed by atoms with Crippen LogP contribution in [0, 0.1) is 0 Å². The monoisotopic (exact) mass is 347 g/mol. The van der Waals surface area contributed by atoms with Crippen molar-refractivity contribution in [3.63, 3.8) is 0 Å². The lowest BCUT2D eigenvalue weighted by Crippen LogP contribution is -2.31. The number of likely N-dealkylation sites (N-methyl/N-ethyl adjacent to an activating group) is 1. The Balaban J connectivity index is 2.79. The summed E-state index contributed by atoms with van der Waals surface area (Å²) in [7, 11) is 6.78. The van der Waals surface area contributed by atoms with Crippen molar-refractivity contribution in [2.45, 2.75) is 12.6 Å². The smallest absolute Gasteiger partial charge is 0.133 e. The first-order valence-electron chi connectivity index (χ1n) is 6.27. The third-order valence-electron chi connectivity index (χ3n) is 2.88. The van der Waals surface area contributed by atoms with Crippen molar-refractivity contribution in [2.75, 3.05) is 41.5 Å². The zero-order valence-corrected chi connectivity index (χ0v) is 13.9. The summed E-state index contributed by atoms with van der Waals surface area (Å²) in [5.41, 5.74) is 1.000. The third-order valence-corrected chi connectivity index (χ3v) is 3.50. The lowest BCUT2D eigenvalue weighted by molar-refractivity contribution is 0.0417. The number of aliphatic hydroxyl groups is 1. The number of benzene rings is 1. The third kappa shape index (κ3) is 4.94. The second kappa shape index (κ2) is 8.46. The van der Waals surface area contributed by atoms with E-state index in [4.69, 9.17) is 14.2 Å². The van der Waals surface area contributed by atoms with Crippen molar-refractivity contribution in [1.82, 2.24) is 4.90 Å². The summed E-state index contributed by atoms with van der Waals surface area (Å²) >= 11 is 3.43. The van der Waals surface area contributed by atoms with E-state index in [1.165, 1.54) is 0 Å². The van der Waals surface area contributed by atoms with Crippen LogP contribution in [-0.2, 0) is 11.3 Å². The van der Waals surface area contributed by atoms with Gasteiger partial charge in [-0.05, 0) is 35.1 Å². The van der Waals surface area contributed by atoms with Gasteiger partial charge in [-0.3, -0.25) is 4.90 Å². The van der Waals surface area contributed by atoms with Crippen LogP contribution in [0.4, 0.5) is 0 Å². The molecule has 1 aromatic rings. The highest BCUT2D eigenvalue weighted by Crippen LogP contribution is 2.33. The summed E-state index contributed by atoms with van der Waals surface area (Å²) in [5.74, 6) is 1.54. The van der Waals surface area contributed by atoms with E-state index in [2.05, 4.69) is 15.9 Å². The molecule has 6 heteroatoms. The summed E-state index contributed by atoms with van der Waals surface area (Å²) in [6.45, 7) is 1.49. The standard InChI is InChI=1S/C14H22BrNO4/c1-16(8-11(17)9-18-2)7-10-5-14(20-4)12(15)6-13(10)19-3/h5-6,11,17H,7-9H2,1-4H3. The predicted molar refractivity (Wildman–Crippen MR) is 81.5 cm³/mol. The summed E-state index contributed by atoms with van der Waals surface area (Å²) in [6, 6.07) is 3.82. The van der Waals surface area contributed by atoms with Crippen LogP contribution in [0.5, 0.6) is 11.5 Å². The van der Waals surface area contributed by atoms with Crippen molar-refractivity contribution >= 4 is 15.9 Å². The van der Waals surface area contributed by atoms with Gasteiger partial charge in [-0.25, -0.2) is 0 Å². The van der Waals surface area contributed by atoms with E-state index in [0.717, 1.165) is 21.5 Å². The summed E-state index contributed by atoms with van der Waals surface area (Å²) in [6.07, 6.45) is -0.506. The molecule has 1 N–H and O–H groups in total. The first-order valence-corrected chi connectivity index (χ1v) is 7.07. The topological polar surface area (TPSA) is 51.2 Å². The van der Waals surface area contributed by atoms with Gasteiger partial charge in [-0.15, -0.1) is 0 Å². The molecule has 0 aliphatic rings. The Morgan fingerprint density at radius 3 is 2.40 bits per heavy atom. The van der Waals surface area contributed by atoms with Crippen LogP contribution < -0.4 is 9.47 Å². The number of ether oxygens (including phenoxy) is 3. The Kier molecular flexibility index (Phi) is 7.29. The molecule has 0 heterocycles. The Hall–Kier alpha value is -0.820. The lowest BCUT2D eigenvalue weighted by atomic mass is 10.1. The van der Waals surface area contributed by atoms with Gasteiger partial charge < -0.3 is 19.3 Å². The molecular formula is C14H22BrNO4. The van der Waals surface area contributed by atoms with E-state index in [1.807, 2.05) is 24.1 Å². The molecule has 0 spiro atoms. The minimum atomic E-state index is -0.506. The van der Waals surface area contributed by atoms with Gasteiger partial charge in [0.25, 0.3) is 0 Å². The van der Waals surface area contributed by atoms with Crippen molar-refractivity contribution in [2.24, 2.45) is 0 Å². The number of rotatable bonds is 8. The molecule has 0 saturated carbocycles. The Labute approximate surface area is 128 Å². The zero-order valence-electron chi connectivity index (χ0n) is 12.4. The molecule has 0 radical (unpaired) electrons. The molecule has 1 aromatic carbocycles. The van der Waals surface area contributed by atoms with E-state index in [-0.39, 0.29) is 0 Å². The molecule has 0 bridgehead atoms. The minimum absolute atomic E-state index is 0.325. The molecule has 5 nitrogen and oxygen atoms in total. The predicted octanol–water partition coefficient (Wildman–Crippen LogP) is 1.91. The highest BCUT2D eigenvalue weighted by Gasteiger charge is 2.13. The molecule has 114 valence electrons. The quantitative estimate of drug-likeness (QED) is 0.778. The van der Waals surface area contributed by atoms with Gasteiger partial charge in [0.1, 0.15) is 11.5 Å². The minimum Gasteiger partial charge on any atom is -0.496 e. The summed E-state index contributed by atoms with van der Waals surface area (Å²) < 4.78 is 16.4. The van der Waals surface area contributed by atoms with Crippen molar-refractivity contribution in [3.8, 4) is 11.5 Å². The van der Waals surface area contributed by atoms with E-state index in [1.54, 1.807) is 21.3 Å². The van der Waals surface area contributed by atoms with E-state index < -0.39 is 6.10 Å². The summed E-state index contributed by atoms with van der Waals surface area (Å²) in [5, 5.41) is 9.74. The van der Waals surface area contributed by atoms with Crippen LogP contribution in [0.3, 0.4) is 0 Å². The Morgan fingerprint density at radius 1 is 1.20 bits per heavy atom. The molecule has 20 heavy (non-hydrogen) atoms. The van der Waals surface area contributed by atoms with Crippen molar-refractivity contribution in [1.29, 1.82) is 0 Å². The Bertz CT molecular complexity index is 428. The molecule has 0 saturated heterocycles. The summed E-state index contributed by atoms with van der Waals surface area (Å²) in [4.78, 5) is 2.01.